The van der Waals surface area contributed by atoms with E-state index in [0.29, 0.717) is 12.4 Å². The number of nitrogens with zero attached hydrogens (tertiary/aromatic N) is 1. The first kappa shape index (κ1) is 6.15. The second-order valence-electron chi connectivity index (χ2n) is 2.27. The van der Waals surface area contributed by atoms with Crippen molar-refractivity contribution in [2.45, 2.75) is 0 Å². The Morgan fingerprint density at radius 1 is 1.73 bits per heavy atom. The van der Waals surface area contributed by atoms with Crippen molar-refractivity contribution in [1.82, 2.24) is 0 Å². The van der Waals surface area contributed by atoms with Gasteiger partial charge >= 0.3 is 0 Å². The fourth-order valence-corrected chi connectivity index (χ4v) is 1.01. The van der Waals surface area contributed by atoms with E-state index < -0.39 is 5.91 Å². The molecule has 2 aliphatic rings. The zero-order chi connectivity index (χ0) is 7.84. The molecule has 2 heterocycles. The molecule has 2 rings (SSSR count). The molecule has 0 spiro atoms. The van der Waals surface area contributed by atoms with Gasteiger partial charge in [-0.25, -0.2) is 4.99 Å². The van der Waals surface area contributed by atoms with Crippen LogP contribution in [0.15, 0.2) is 28.6 Å². The summed E-state index contributed by atoms with van der Waals surface area (Å²) in [6.45, 7) is 0.538. The summed E-state index contributed by atoms with van der Waals surface area (Å²) in [5, 5.41) is 0. The Morgan fingerprint density at radius 2 is 2.55 bits per heavy atom. The van der Waals surface area contributed by atoms with Crippen molar-refractivity contribution in [2.24, 2.45) is 10.7 Å². The van der Waals surface area contributed by atoms with Crippen LogP contribution in [0, 0.1) is 0 Å². The number of hydrogen-bond acceptors (Lipinski definition) is 3. The van der Waals surface area contributed by atoms with E-state index in [2.05, 4.69) is 4.99 Å². The van der Waals surface area contributed by atoms with Crippen LogP contribution < -0.4 is 5.73 Å². The maximum Gasteiger partial charge on any atom is 0.267 e. The van der Waals surface area contributed by atoms with Crippen molar-refractivity contribution in [2.75, 3.05) is 6.61 Å². The second-order valence-corrected chi connectivity index (χ2v) is 2.27. The molecular formula is C7H6N2O2. The molecule has 0 unspecified atom stereocenters. The molecule has 0 bridgehead atoms. The van der Waals surface area contributed by atoms with Crippen LogP contribution in [-0.2, 0) is 9.53 Å². The molecule has 56 valence electrons. The molecule has 0 aromatic heterocycles. The van der Waals surface area contributed by atoms with E-state index in [0.717, 1.165) is 5.70 Å². The molecule has 0 saturated carbocycles. The molecule has 2 N–H and O–H groups in total. The van der Waals surface area contributed by atoms with Gasteiger partial charge in [-0.1, -0.05) is 0 Å². The van der Waals surface area contributed by atoms with Crippen LogP contribution in [0.2, 0.25) is 0 Å². The molecule has 4 heteroatoms. The largest absolute Gasteiger partial charge is 0.487 e. The van der Waals surface area contributed by atoms with E-state index in [9.17, 15) is 4.79 Å². The number of primary amides is 1. The molecule has 11 heavy (non-hydrogen) atoms. The fourth-order valence-electron chi connectivity index (χ4n) is 1.01. The number of hydrogen-bond donors (Lipinski definition) is 1. The molecule has 0 saturated heterocycles. The molecular weight excluding hydrogens is 144 g/mol. The van der Waals surface area contributed by atoms with E-state index in [4.69, 9.17) is 10.5 Å². The molecule has 0 radical (unpaired) electrons. The Bertz CT molecular complexity index is 310. The zero-order valence-corrected chi connectivity index (χ0v) is 5.70. The average molecular weight is 150 g/mol. The standard InChI is InChI=1S/C7H6N2O2/c8-7(10)5-3-6-4(9-5)1-2-11-6/h1,3H,2H2,(H2,8,10). The highest BCUT2D eigenvalue weighted by Gasteiger charge is 2.21. The number of carbonyl (C=O) groups excluding carboxylic acids is 1. The summed E-state index contributed by atoms with van der Waals surface area (Å²) in [5.41, 5.74) is 5.99. The Kier molecular flexibility index (Phi) is 1.09. The van der Waals surface area contributed by atoms with Crippen molar-refractivity contribution in [3.8, 4) is 0 Å². The lowest BCUT2D eigenvalue weighted by Crippen LogP contribution is -2.20. The highest BCUT2D eigenvalue weighted by atomic mass is 16.5. The monoisotopic (exact) mass is 150 g/mol. The predicted octanol–water partition coefficient (Wildman–Crippen LogP) is -0.276. The van der Waals surface area contributed by atoms with Crippen LogP contribution in [0.4, 0.5) is 0 Å². The van der Waals surface area contributed by atoms with Crippen molar-refractivity contribution < 1.29 is 9.53 Å². The summed E-state index contributed by atoms with van der Waals surface area (Å²) < 4.78 is 5.10. The van der Waals surface area contributed by atoms with Crippen LogP contribution in [0.5, 0.6) is 0 Å². The molecule has 4 nitrogen and oxygen atoms in total. The van der Waals surface area contributed by atoms with Gasteiger partial charge in [-0.2, -0.15) is 0 Å². The summed E-state index contributed by atoms with van der Waals surface area (Å²) in [4.78, 5) is 14.5. The maximum atomic E-state index is 10.6. The summed E-state index contributed by atoms with van der Waals surface area (Å²) in [5.74, 6) is 0.134. The number of rotatable bonds is 1. The Morgan fingerprint density at radius 3 is 3.18 bits per heavy atom. The highest BCUT2D eigenvalue weighted by molar-refractivity contribution is 6.44. The lowest BCUT2D eigenvalue weighted by Gasteiger charge is -1.91. The van der Waals surface area contributed by atoms with Crippen molar-refractivity contribution >= 4 is 11.6 Å². The van der Waals surface area contributed by atoms with Gasteiger partial charge in [0.1, 0.15) is 23.8 Å². The lowest BCUT2D eigenvalue weighted by molar-refractivity contribution is -0.111. The summed E-state index contributed by atoms with van der Waals surface area (Å²) in [6, 6.07) is 0. The van der Waals surface area contributed by atoms with E-state index in [1.807, 2.05) is 6.08 Å². The predicted molar refractivity (Wildman–Crippen MR) is 38.7 cm³/mol. The average Bonchev–Trinajstić information content (AvgIpc) is 2.40. The van der Waals surface area contributed by atoms with Gasteiger partial charge in [0.05, 0.1) is 0 Å². The summed E-state index contributed by atoms with van der Waals surface area (Å²) in [7, 11) is 0. The van der Waals surface area contributed by atoms with Gasteiger partial charge < -0.3 is 10.5 Å². The summed E-state index contributed by atoms with van der Waals surface area (Å²) >= 11 is 0. The van der Waals surface area contributed by atoms with Gasteiger partial charge in [-0.3, -0.25) is 4.79 Å². The molecule has 1 amide bonds. The first-order chi connectivity index (χ1) is 5.27. The number of nitrogens with two attached hydrogens (primary N) is 1. The smallest absolute Gasteiger partial charge is 0.267 e. The van der Waals surface area contributed by atoms with Crippen molar-refractivity contribution in [1.29, 1.82) is 0 Å². The van der Waals surface area contributed by atoms with Crippen LogP contribution in [0.3, 0.4) is 0 Å². The van der Waals surface area contributed by atoms with E-state index >= 15 is 0 Å². The Balaban J connectivity index is 2.38. The fraction of sp³-hybridized carbons (Fsp3) is 0.143. The molecule has 0 aliphatic carbocycles. The number of carbonyl (C=O) groups is 1. The molecule has 0 aromatic rings. The normalized spacial score (nSPS) is 19.8. The molecule has 0 aromatic carbocycles. The third kappa shape index (κ3) is 0.832. The highest BCUT2D eigenvalue weighted by Crippen LogP contribution is 2.24. The molecule has 0 atom stereocenters. The van der Waals surface area contributed by atoms with Gasteiger partial charge in [0.15, 0.2) is 0 Å². The minimum absolute atomic E-state index is 0.269. The molecule has 2 aliphatic heterocycles. The van der Waals surface area contributed by atoms with Crippen LogP contribution in [0.1, 0.15) is 0 Å². The topological polar surface area (TPSA) is 64.7 Å². The first-order valence-electron chi connectivity index (χ1n) is 3.21. The SMILES string of the molecule is NC(=O)C1=NC2=CCOC2=C1. The first-order valence-corrected chi connectivity index (χ1v) is 3.21. The van der Waals surface area contributed by atoms with Crippen molar-refractivity contribution in [3.05, 3.63) is 23.6 Å². The quantitative estimate of drug-likeness (QED) is 0.558. The summed E-state index contributed by atoms with van der Waals surface area (Å²) in [6.07, 6.45) is 3.36. The van der Waals surface area contributed by atoms with Crippen LogP contribution in [-0.4, -0.2) is 18.2 Å². The Hall–Kier alpha value is -1.58. The zero-order valence-electron chi connectivity index (χ0n) is 5.70. The van der Waals surface area contributed by atoms with E-state index in [-0.39, 0.29) is 5.71 Å². The third-order valence-corrected chi connectivity index (χ3v) is 1.53. The van der Waals surface area contributed by atoms with Gasteiger partial charge in [0, 0.05) is 6.08 Å². The maximum absolute atomic E-state index is 10.6. The minimum Gasteiger partial charge on any atom is -0.487 e. The van der Waals surface area contributed by atoms with E-state index in [1.54, 1.807) is 6.08 Å². The number of amides is 1. The minimum atomic E-state index is -0.517. The number of aliphatic imine (C=N–C) groups is 1. The van der Waals surface area contributed by atoms with Crippen molar-refractivity contribution in [3.63, 3.8) is 0 Å². The van der Waals surface area contributed by atoms with Gasteiger partial charge in [0.2, 0.25) is 0 Å². The van der Waals surface area contributed by atoms with Crippen LogP contribution >= 0.6 is 0 Å². The van der Waals surface area contributed by atoms with Gasteiger partial charge in [0.25, 0.3) is 5.91 Å². The molecule has 0 fully saturated rings. The van der Waals surface area contributed by atoms with E-state index in [1.165, 1.54) is 0 Å². The number of fused-ring (bicyclic) bond motifs is 1. The number of ether oxygens (including phenoxy) is 1. The lowest BCUT2D eigenvalue weighted by atomic mass is 10.3. The van der Waals surface area contributed by atoms with Gasteiger partial charge in [-0.05, 0) is 6.08 Å². The second kappa shape index (κ2) is 1.95. The van der Waals surface area contributed by atoms with Crippen LogP contribution in [0.25, 0.3) is 0 Å². The Labute approximate surface area is 63.0 Å². The third-order valence-electron chi connectivity index (χ3n) is 1.53. The van der Waals surface area contributed by atoms with Gasteiger partial charge in [-0.15, -0.1) is 0 Å².